The Morgan fingerprint density at radius 1 is 1.06 bits per heavy atom. The zero-order valence-corrected chi connectivity index (χ0v) is 18.3. The highest BCUT2D eigenvalue weighted by Gasteiger charge is 2.21. The molecule has 2 heterocycles. The molecule has 0 N–H and O–H groups in total. The van der Waals surface area contributed by atoms with Crippen molar-refractivity contribution in [3.05, 3.63) is 72.0 Å². The third-order valence-corrected chi connectivity index (χ3v) is 5.85. The number of rotatable bonds is 8. The highest BCUT2D eigenvalue weighted by Crippen LogP contribution is 2.23. The van der Waals surface area contributed by atoms with E-state index in [4.69, 9.17) is 9.15 Å². The molecule has 1 aliphatic heterocycles. The van der Waals surface area contributed by atoms with Crippen LogP contribution in [0.15, 0.2) is 59.1 Å². The van der Waals surface area contributed by atoms with Gasteiger partial charge in [-0.25, -0.2) is 9.37 Å². The summed E-state index contributed by atoms with van der Waals surface area (Å²) in [4.78, 5) is 21.1. The van der Waals surface area contributed by atoms with Crippen LogP contribution >= 0.6 is 0 Å². The van der Waals surface area contributed by atoms with Crippen LogP contribution in [0.25, 0.3) is 11.3 Å². The molecule has 1 fully saturated rings. The van der Waals surface area contributed by atoms with Gasteiger partial charge in [-0.2, -0.15) is 0 Å². The molecule has 6 nitrogen and oxygen atoms in total. The molecule has 32 heavy (non-hydrogen) atoms. The third kappa shape index (κ3) is 5.53. The van der Waals surface area contributed by atoms with Crippen molar-refractivity contribution in [2.24, 2.45) is 0 Å². The van der Waals surface area contributed by atoms with E-state index in [1.54, 1.807) is 25.3 Å². The second-order valence-electron chi connectivity index (χ2n) is 7.92. The summed E-state index contributed by atoms with van der Waals surface area (Å²) in [6.45, 7) is 4.18. The molecule has 0 saturated carbocycles. The number of ether oxygens (including phenoxy) is 1. The fourth-order valence-corrected chi connectivity index (χ4v) is 3.88. The van der Waals surface area contributed by atoms with Gasteiger partial charge in [0.2, 0.25) is 5.91 Å². The number of halogens is 1. The van der Waals surface area contributed by atoms with Crippen molar-refractivity contribution in [1.29, 1.82) is 0 Å². The first-order chi connectivity index (χ1) is 15.6. The highest BCUT2D eigenvalue weighted by molar-refractivity contribution is 5.76. The summed E-state index contributed by atoms with van der Waals surface area (Å²) in [5, 5.41) is 0. The molecule has 0 radical (unpaired) electrons. The molecule has 2 aromatic carbocycles. The van der Waals surface area contributed by atoms with Gasteiger partial charge in [0.15, 0.2) is 11.7 Å². The third-order valence-electron chi connectivity index (χ3n) is 5.85. The highest BCUT2D eigenvalue weighted by atomic mass is 19.1. The maximum Gasteiger partial charge on any atom is 0.223 e. The maximum absolute atomic E-state index is 13.9. The van der Waals surface area contributed by atoms with Gasteiger partial charge >= 0.3 is 0 Å². The Hall–Kier alpha value is -3.19. The number of hydrogen-bond acceptors (Lipinski definition) is 5. The van der Waals surface area contributed by atoms with Crippen molar-refractivity contribution >= 4 is 5.91 Å². The Morgan fingerprint density at radius 2 is 1.81 bits per heavy atom. The number of aryl methyl sites for hydroxylation is 1. The fourth-order valence-electron chi connectivity index (χ4n) is 3.88. The summed E-state index contributed by atoms with van der Waals surface area (Å²) in [6.07, 6.45) is 3.24. The summed E-state index contributed by atoms with van der Waals surface area (Å²) in [5.41, 5.74) is 1.66. The lowest BCUT2D eigenvalue weighted by Crippen LogP contribution is -2.49. The van der Waals surface area contributed by atoms with Crippen molar-refractivity contribution in [3.8, 4) is 17.1 Å². The smallest absolute Gasteiger partial charge is 0.223 e. The van der Waals surface area contributed by atoms with Gasteiger partial charge in [-0.1, -0.05) is 24.3 Å². The molecule has 3 aromatic rings. The summed E-state index contributed by atoms with van der Waals surface area (Å²) in [6, 6.07) is 14.6. The van der Waals surface area contributed by atoms with E-state index >= 15 is 0 Å². The van der Waals surface area contributed by atoms with E-state index in [0.29, 0.717) is 30.1 Å². The molecular weight excluding hydrogens is 409 g/mol. The second kappa shape index (κ2) is 10.4. The molecule has 0 bridgehead atoms. The summed E-state index contributed by atoms with van der Waals surface area (Å²) in [5.74, 6) is 1.46. The molecule has 0 unspecified atom stereocenters. The minimum atomic E-state index is -0.351. The Morgan fingerprint density at radius 3 is 2.53 bits per heavy atom. The van der Waals surface area contributed by atoms with E-state index in [0.717, 1.165) is 44.9 Å². The molecule has 1 aromatic heterocycles. The van der Waals surface area contributed by atoms with Crippen LogP contribution in [0.4, 0.5) is 4.39 Å². The molecule has 7 heteroatoms. The number of aromatic nitrogens is 1. The van der Waals surface area contributed by atoms with E-state index in [2.05, 4.69) is 22.0 Å². The molecule has 4 rings (SSSR count). The number of methoxy groups -OCH3 is 1. The van der Waals surface area contributed by atoms with Crippen molar-refractivity contribution in [2.75, 3.05) is 39.8 Å². The average molecular weight is 438 g/mol. The number of carbonyl (C=O) groups is 1. The quantitative estimate of drug-likeness (QED) is 0.536. The zero-order valence-electron chi connectivity index (χ0n) is 18.3. The number of carbonyl (C=O) groups excluding carboxylic acids is 1. The lowest BCUT2D eigenvalue weighted by Gasteiger charge is -2.34. The Balaban J connectivity index is 1.20. The van der Waals surface area contributed by atoms with Crippen LogP contribution in [-0.2, 0) is 17.6 Å². The molecule has 1 amide bonds. The van der Waals surface area contributed by atoms with Crippen LogP contribution in [0, 0.1) is 5.82 Å². The van der Waals surface area contributed by atoms with E-state index < -0.39 is 0 Å². The monoisotopic (exact) mass is 437 g/mol. The Kier molecular flexibility index (Phi) is 7.17. The van der Waals surface area contributed by atoms with Crippen LogP contribution in [0.2, 0.25) is 0 Å². The fraction of sp³-hybridized carbons (Fsp3) is 0.360. The van der Waals surface area contributed by atoms with Gasteiger partial charge in [0.25, 0.3) is 0 Å². The molecule has 0 spiro atoms. The normalized spacial score (nSPS) is 14.5. The molecule has 1 saturated heterocycles. The Bertz CT molecular complexity index is 1030. The van der Waals surface area contributed by atoms with Crippen LogP contribution in [-0.4, -0.2) is 60.5 Å². The lowest BCUT2D eigenvalue weighted by molar-refractivity contribution is -0.133. The summed E-state index contributed by atoms with van der Waals surface area (Å²) in [7, 11) is 1.67. The van der Waals surface area contributed by atoms with Gasteiger partial charge in [-0.05, 0) is 36.2 Å². The van der Waals surface area contributed by atoms with Gasteiger partial charge in [-0.15, -0.1) is 0 Å². The number of oxazole rings is 1. The topological polar surface area (TPSA) is 58.8 Å². The first-order valence-electron chi connectivity index (χ1n) is 10.9. The van der Waals surface area contributed by atoms with E-state index in [-0.39, 0.29) is 11.7 Å². The van der Waals surface area contributed by atoms with Crippen LogP contribution in [0.1, 0.15) is 17.9 Å². The van der Waals surface area contributed by atoms with E-state index in [1.165, 1.54) is 17.8 Å². The minimum Gasteiger partial charge on any atom is -0.497 e. The number of benzene rings is 2. The number of amides is 1. The first-order valence-corrected chi connectivity index (χ1v) is 10.9. The van der Waals surface area contributed by atoms with Crippen molar-refractivity contribution in [1.82, 2.24) is 14.8 Å². The molecule has 0 atom stereocenters. The molecule has 168 valence electrons. The lowest BCUT2D eigenvalue weighted by atomic mass is 10.1. The average Bonchev–Trinajstić information content (AvgIpc) is 3.31. The summed E-state index contributed by atoms with van der Waals surface area (Å²) < 4.78 is 24.8. The van der Waals surface area contributed by atoms with E-state index in [9.17, 15) is 9.18 Å². The van der Waals surface area contributed by atoms with Crippen LogP contribution in [0.5, 0.6) is 5.75 Å². The van der Waals surface area contributed by atoms with Crippen molar-refractivity contribution in [2.45, 2.75) is 19.3 Å². The number of nitrogens with zero attached hydrogens (tertiary/aromatic N) is 3. The predicted octanol–water partition coefficient (Wildman–Crippen LogP) is 3.81. The predicted molar refractivity (Wildman–Crippen MR) is 120 cm³/mol. The number of piperazine rings is 1. The van der Waals surface area contributed by atoms with Crippen LogP contribution in [0.3, 0.4) is 0 Å². The van der Waals surface area contributed by atoms with Crippen molar-refractivity contribution < 1.29 is 18.3 Å². The SMILES string of the molecule is COc1ccc(CCN2CCN(C(=O)CCc3ncc(-c4ccccc4F)o3)CC2)cc1. The number of hydrogen-bond donors (Lipinski definition) is 0. The van der Waals surface area contributed by atoms with E-state index in [1.807, 2.05) is 17.0 Å². The molecule has 0 aliphatic carbocycles. The largest absolute Gasteiger partial charge is 0.497 e. The zero-order chi connectivity index (χ0) is 22.3. The van der Waals surface area contributed by atoms with Gasteiger partial charge in [0.1, 0.15) is 11.6 Å². The van der Waals surface area contributed by atoms with Gasteiger partial charge in [-0.3, -0.25) is 9.69 Å². The van der Waals surface area contributed by atoms with Gasteiger partial charge in [0, 0.05) is 45.6 Å². The van der Waals surface area contributed by atoms with Crippen molar-refractivity contribution in [3.63, 3.8) is 0 Å². The van der Waals surface area contributed by atoms with Crippen LogP contribution < -0.4 is 4.74 Å². The first kappa shape index (κ1) is 22.0. The van der Waals surface area contributed by atoms with Gasteiger partial charge < -0.3 is 14.1 Å². The molecular formula is C25H28FN3O3. The molecule has 1 aliphatic rings. The summed E-state index contributed by atoms with van der Waals surface area (Å²) >= 11 is 0. The second-order valence-corrected chi connectivity index (χ2v) is 7.92. The standard InChI is InChI=1S/C25H28FN3O3/c1-31-20-8-6-19(7-9-20)12-13-28-14-16-29(17-15-28)25(30)11-10-24-27-18-23(32-24)21-4-2-3-5-22(21)26/h2-9,18H,10-17H2,1H3. The van der Waals surface area contributed by atoms with Gasteiger partial charge in [0.05, 0.1) is 18.9 Å². The minimum absolute atomic E-state index is 0.102. The Labute approximate surface area is 187 Å². The maximum atomic E-state index is 13.9.